The Hall–Kier alpha value is -5.49. The summed E-state index contributed by atoms with van der Waals surface area (Å²) in [4.78, 5) is 14.7. The fourth-order valence-electron chi connectivity index (χ4n) is 5.14. The molecule has 18 nitrogen and oxygen atoms in total. The van der Waals surface area contributed by atoms with Gasteiger partial charge < -0.3 is 35.4 Å². The number of carbonyl (C=O) groups excluding carboxylic acids is 1. The third-order valence-electron chi connectivity index (χ3n) is 7.58. The van der Waals surface area contributed by atoms with Crippen LogP contribution >= 0.6 is 0 Å². The Morgan fingerprint density at radius 3 is 1.90 bits per heavy atom. The van der Waals surface area contributed by atoms with Gasteiger partial charge in [0.05, 0.1) is 27.6 Å². The number of hydrogen-bond donors (Lipinski definition) is 5. The molecule has 0 saturated carbocycles. The van der Waals surface area contributed by atoms with Crippen LogP contribution in [0.3, 0.4) is 0 Å². The Kier molecular flexibility index (Phi) is 15.6. The van der Waals surface area contributed by atoms with Crippen LogP contribution in [0.25, 0.3) is 21.5 Å². The van der Waals surface area contributed by atoms with E-state index in [-0.39, 0.29) is 102 Å². The third-order valence-corrected chi connectivity index (χ3v) is 9.36. The number of nitrogens with two attached hydrogens (primary N) is 1. The average molecular weight is 879 g/mol. The number of fused-ring (bicyclic) bond motifs is 2. The molecular formula is C36H28CoN8NaO10S2. The van der Waals surface area contributed by atoms with Crippen molar-refractivity contribution in [3.05, 3.63) is 97.1 Å². The van der Waals surface area contributed by atoms with E-state index in [1.807, 2.05) is 0 Å². The van der Waals surface area contributed by atoms with Gasteiger partial charge in [-0.25, -0.2) is 13.6 Å². The molecule has 294 valence electrons. The summed E-state index contributed by atoms with van der Waals surface area (Å²) in [6.45, 7) is 2.61. The number of azo groups is 2. The van der Waals surface area contributed by atoms with Crippen molar-refractivity contribution < 1.29 is 93.8 Å². The summed E-state index contributed by atoms with van der Waals surface area (Å²) in [5.41, 5.74) is 0.0448. The van der Waals surface area contributed by atoms with Crippen LogP contribution in [0.2, 0.25) is 0 Å². The Labute approximate surface area is 363 Å². The number of nitrogens with zero attached hydrogens (tertiary/aromatic N) is 5. The first kappa shape index (κ1) is 46.9. The number of benzene rings is 6. The van der Waals surface area contributed by atoms with E-state index in [1.54, 1.807) is 42.5 Å². The van der Waals surface area contributed by atoms with E-state index in [4.69, 9.17) is 9.92 Å². The molecule has 1 unspecified atom stereocenters. The predicted molar refractivity (Wildman–Crippen MR) is 200 cm³/mol. The monoisotopic (exact) mass is 878 g/mol. The summed E-state index contributed by atoms with van der Waals surface area (Å²) in [5.74, 6) is -2.45. The summed E-state index contributed by atoms with van der Waals surface area (Å²) in [6, 6.07) is 22.1. The van der Waals surface area contributed by atoms with Crippen molar-refractivity contribution in [1.29, 1.82) is 4.78 Å². The normalized spacial score (nSPS) is 12.7. The van der Waals surface area contributed by atoms with Crippen molar-refractivity contribution in [3.63, 3.8) is 0 Å². The number of sulfonamides is 1. The van der Waals surface area contributed by atoms with E-state index in [9.17, 15) is 47.5 Å². The number of aliphatic imine (C=N–C) groups is 1. The summed E-state index contributed by atoms with van der Waals surface area (Å²) in [5, 5.41) is 81.0. The number of phenolic OH excluding ortho intramolecular Hbond substituents is 2. The molecule has 1 amide bonds. The minimum absolute atomic E-state index is 0. The molecular weight excluding hydrogens is 850 g/mol. The van der Waals surface area contributed by atoms with Gasteiger partial charge >= 0.3 is 46.3 Å². The number of nitrogens with one attached hydrogen (secondary N) is 2. The number of aromatic hydroxyl groups is 2. The quantitative estimate of drug-likeness (QED) is 0.0644. The molecule has 1 atom stereocenters. The van der Waals surface area contributed by atoms with Gasteiger partial charge in [-0.15, -0.1) is 10.2 Å². The van der Waals surface area contributed by atoms with E-state index in [1.165, 1.54) is 32.0 Å². The topological polar surface area (TPSA) is 325 Å². The van der Waals surface area contributed by atoms with Crippen molar-refractivity contribution in [2.24, 2.45) is 30.6 Å². The molecule has 6 rings (SSSR count). The first-order chi connectivity index (χ1) is 26.3. The van der Waals surface area contributed by atoms with E-state index in [2.05, 4.69) is 30.8 Å². The van der Waals surface area contributed by atoms with Gasteiger partial charge in [-0.1, -0.05) is 60.0 Å². The Bertz CT molecular complexity index is 2860. The van der Waals surface area contributed by atoms with Crippen molar-refractivity contribution in [2.45, 2.75) is 23.6 Å². The Morgan fingerprint density at radius 1 is 0.707 bits per heavy atom. The first-order valence-corrected chi connectivity index (χ1v) is 18.8. The summed E-state index contributed by atoms with van der Waals surface area (Å²) in [7, 11) is -8.29. The molecule has 0 aliphatic carbocycles. The zero-order valence-electron chi connectivity index (χ0n) is 30.4. The largest absolute Gasteiger partial charge is 3.00 e. The number of amides is 1. The molecule has 6 aromatic rings. The van der Waals surface area contributed by atoms with Gasteiger partial charge in [0, 0.05) is 32.6 Å². The number of rotatable bonds is 8. The van der Waals surface area contributed by atoms with Crippen LogP contribution in [-0.4, -0.2) is 39.2 Å². The number of anilines is 1. The van der Waals surface area contributed by atoms with Crippen molar-refractivity contribution >= 4 is 87.5 Å². The molecule has 0 heterocycles. The molecule has 58 heavy (non-hydrogen) atoms. The Balaban J connectivity index is 0.000000300. The number of phenols is 2. The molecule has 6 aromatic carbocycles. The maximum Gasteiger partial charge on any atom is 3.00 e. The zero-order valence-corrected chi connectivity index (χ0v) is 35.0. The van der Waals surface area contributed by atoms with Crippen LogP contribution in [0, 0.1) is 4.78 Å². The van der Waals surface area contributed by atoms with E-state index in [0.717, 1.165) is 36.4 Å². The van der Waals surface area contributed by atoms with E-state index >= 15 is 0 Å². The summed E-state index contributed by atoms with van der Waals surface area (Å²) < 4.78 is 52.7. The maximum atomic E-state index is 12.3. The van der Waals surface area contributed by atoms with Gasteiger partial charge in [0.2, 0.25) is 15.9 Å². The average Bonchev–Trinajstić information content (AvgIpc) is 3.11. The second kappa shape index (κ2) is 19.3. The van der Waals surface area contributed by atoms with E-state index in [0.29, 0.717) is 21.8 Å². The van der Waals surface area contributed by atoms with Crippen molar-refractivity contribution in [1.82, 2.24) is 0 Å². The summed E-state index contributed by atoms with van der Waals surface area (Å²) in [6.07, 6.45) is 0. The molecule has 0 aliphatic rings. The molecule has 0 aromatic heterocycles. The van der Waals surface area contributed by atoms with Gasteiger partial charge in [-0.05, 0) is 72.1 Å². The van der Waals surface area contributed by atoms with Crippen molar-refractivity contribution in [3.8, 4) is 23.0 Å². The predicted octanol–water partition coefficient (Wildman–Crippen LogP) is 2.62. The molecule has 0 bridgehead atoms. The van der Waals surface area contributed by atoms with E-state index < -0.39 is 42.3 Å². The second-order valence-corrected chi connectivity index (χ2v) is 14.7. The van der Waals surface area contributed by atoms with Crippen LogP contribution in [0.5, 0.6) is 23.0 Å². The molecule has 22 heteroatoms. The third kappa shape index (κ3) is 11.3. The van der Waals surface area contributed by atoms with Gasteiger partial charge in [0.15, 0.2) is 0 Å². The van der Waals surface area contributed by atoms with Crippen LogP contribution in [0.15, 0.2) is 132 Å². The van der Waals surface area contributed by atoms with Gasteiger partial charge in [-0.2, -0.15) is 10.2 Å². The van der Waals surface area contributed by atoms with Crippen LogP contribution in [-0.2, 0) is 41.6 Å². The SMILES string of the molecule is CC(=O)Nc1cccc2ccc(O)c(N=Nc3cc(S(N)(=O)=O)ccc3O)c12.CC([O-])=Nc1cccc2ccc([O-])c(N=Nc3cc(S(=N)(=O)[O-])ccc3[O-])c12.[Co+3].[Na+]. The van der Waals surface area contributed by atoms with Gasteiger partial charge in [-0.3, -0.25) is 18.8 Å². The van der Waals surface area contributed by atoms with Crippen LogP contribution in [0.4, 0.5) is 34.1 Å². The fraction of sp³-hybridized carbons (Fsp3) is 0.0556. The van der Waals surface area contributed by atoms with Gasteiger partial charge in [0.25, 0.3) is 0 Å². The minimum Gasteiger partial charge on any atom is -0.871 e. The summed E-state index contributed by atoms with van der Waals surface area (Å²) >= 11 is 0. The number of carbonyl (C=O) groups is 1. The molecule has 0 saturated heterocycles. The molecule has 6 N–H and O–H groups in total. The maximum absolute atomic E-state index is 12.3. The second-order valence-electron chi connectivity index (χ2n) is 11.7. The van der Waals surface area contributed by atoms with Gasteiger partial charge in [0.1, 0.15) is 22.9 Å². The molecule has 0 fully saturated rings. The Morgan fingerprint density at radius 2 is 1.26 bits per heavy atom. The smallest absolute Gasteiger partial charge is 0.871 e. The number of hydrogen-bond acceptors (Lipinski definition) is 16. The fourth-order valence-corrected chi connectivity index (χ4v) is 6.19. The zero-order chi connectivity index (χ0) is 40.9. The molecule has 0 aliphatic heterocycles. The van der Waals surface area contributed by atoms with Crippen LogP contribution in [0.1, 0.15) is 13.8 Å². The van der Waals surface area contributed by atoms with Crippen LogP contribution < -0.4 is 55.3 Å². The first-order valence-electron chi connectivity index (χ1n) is 15.8. The molecule has 0 radical (unpaired) electrons. The standard InChI is InChI=1S/2C18H16N4O5S.Co.Na/c2*1-10(23)20-13-4-2-3-11-5-7-16(25)18(17(11)13)22-21-14-9-12(28(19,26)27)6-8-15(14)24;;/h2*2-9,24-25H,1H3,(H,20,23)(H2,19,26,27);;/q;;+3;+1/p-4. The molecule has 0 spiro atoms. The number of primary sulfonamides is 1. The van der Waals surface area contributed by atoms with Crippen molar-refractivity contribution in [2.75, 3.05) is 5.32 Å². The minimum atomic E-state index is -4.29.